The predicted molar refractivity (Wildman–Crippen MR) is 73.3 cm³/mol. The van der Waals surface area contributed by atoms with E-state index in [1.807, 2.05) is 30.5 Å². The topological polar surface area (TPSA) is 107 Å². The summed E-state index contributed by atoms with van der Waals surface area (Å²) < 4.78 is 5.06. The molecular formula is C12H14N4O2S. The van der Waals surface area contributed by atoms with Crippen LogP contribution in [0.4, 0.5) is 5.69 Å². The molecule has 2 rings (SSSR count). The fraction of sp³-hybridized carbons (Fsp3) is 0.167. The zero-order chi connectivity index (χ0) is 13.8. The van der Waals surface area contributed by atoms with Gasteiger partial charge in [0.05, 0.1) is 5.75 Å². The number of nitrogen functional groups attached to an aromatic ring is 2. The predicted octanol–water partition coefficient (Wildman–Crippen LogP) is 1.46. The van der Waals surface area contributed by atoms with E-state index in [0.29, 0.717) is 17.2 Å². The number of hydrogen-bond acceptors (Lipinski definition) is 6. The second-order valence-electron chi connectivity index (χ2n) is 3.97. The van der Waals surface area contributed by atoms with Gasteiger partial charge in [-0.15, -0.1) is 11.8 Å². The van der Waals surface area contributed by atoms with Gasteiger partial charge in [0.15, 0.2) is 5.69 Å². The molecular weight excluding hydrogens is 264 g/mol. The summed E-state index contributed by atoms with van der Waals surface area (Å²) in [6, 6.07) is 7.30. The summed E-state index contributed by atoms with van der Waals surface area (Å²) in [5.41, 5.74) is 9.77. The van der Waals surface area contributed by atoms with Crippen LogP contribution in [0, 0.1) is 6.92 Å². The average Bonchev–Trinajstić information content (AvgIpc) is 2.88. The number of benzene rings is 1. The number of thioether (sulfide) groups is 1. The second kappa shape index (κ2) is 5.77. The minimum atomic E-state index is -0.472. The Kier molecular flexibility index (Phi) is 4.08. The molecule has 1 aromatic heterocycles. The highest BCUT2D eigenvalue weighted by atomic mass is 32.2. The number of carbonyl (C=O) groups is 1. The molecule has 1 aromatic carbocycles. The molecule has 0 aliphatic rings. The third kappa shape index (κ3) is 3.27. The van der Waals surface area contributed by atoms with Crippen molar-refractivity contribution in [3.63, 3.8) is 0 Å². The molecule has 0 saturated carbocycles. The van der Waals surface area contributed by atoms with E-state index in [0.717, 1.165) is 10.5 Å². The van der Waals surface area contributed by atoms with Gasteiger partial charge in [-0.3, -0.25) is 10.2 Å². The van der Waals surface area contributed by atoms with Crippen LogP contribution < -0.4 is 17.0 Å². The average molecular weight is 278 g/mol. The van der Waals surface area contributed by atoms with Crippen molar-refractivity contribution in [3.05, 3.63) is 41.3 Å². The molecule has 19 heavy (non-hydrogen) atoms. The van der Waals surface area contributed by atoms with E-state index in [1.54, 1.807) is 17.8 Å². The summed E-state index contributed by atoms with van der Waals surface area (Å²) in [4.78, 5) is 12.3. The van der Waals surface area contributed by atoms with Gasteiger partial charge in [-0.05, 0) is 24.6 Å². The molecule has 100 valence electrons. The summed E-state index contributed by atoms with van der Waals surface area (Å²) in [6.07, 6.45) is 0. The van der Waals surface area contributed by atoms with E-state index in [2.05, 4.69) is 5.16 Å². The van der Waals surface area contributed by atoms with Gasteiger partial charge in [0.25, 0.3) is 5.91 Å². The Labute approximate surface area is 114 Å². The van der Waals surface area contributed by atoms with Crippen molar-refractivity contribution in [3.8, 4) is 0 Å². The van der Waals surface area contributed by atoms with Gasteiger partial charge in [-0.1, -0.05) is 11.2 Å². The largest absolute Gasteiger partial charge is 0.399 e. The Balaban J connectivity index is 2.04. The van der Waals surface area contributed by atoms with E-state index in [4.69, 9.17) is 16.1 Å². The number of amides is 1. The number of nitrogens with one attached hydrogen (secondary N) is 1. The first-order chi connectivity index (χ1) is 9.10. The second-order valence-corrected chi connectivity index (χ2v) is 4.98. The number of nitrogens with two attached hydrogens (primary N) is 2. The van der Waals surface area contributed by atoms with Crippen LogP contribution in [0.5, 0.6) is 0 Å². The van der Waals surface area contributed by atoms with Gasteiger partial charge in [-0.25, -0.2) is 5.84 Å². The molecule has 0 radical (unpaired) electrons. The lowest BCUT2D eigenvalue weighted by Gasteiger charge is -2.04. The fourth-order valence-corrected chi connectivity index (χ4v) is 2.43. The molecule has 1 amide bonds. The molecule has 1 heterocycles. The van der Waals surface area contributed by atoms with Gasteiger partial charge < -0.3 is 10.3 Å². The Morgan fingerprint density at radius 1 is 1.47 bits per heavy atom. The third-order valence-corrected chi connectivity index (χ3v) is 3.68. The number of anilines is 1. The molecule has 5 N–H and O–H groups in total. The van der Waals surface area contributed by atoms with Crippen molar-refractivity contribution in [1.82, 2.24) is 10.6 Å². The minimum absolute atomic E-state index is 0.169. The highest BCUT2D eigenvalue weighted by molar-refractivity contribution is 7.98. The summed E-state index contributed by atoms with van der Waals surface area (Å²) in [6.45, 7) is 2.01. The smallest absolute Gasteiger partial charge is 0.287 e. The lowest BCUT2D eigenvalue weighted by atomic mass is 10.2. The van der Waals surface area contributed by atoms with Crippen LogP contribution in [-0.2, 0) is 5.75 Å². The number of nitrogens with zero attached hydrogens (tertiary/aromatic N) is 1. The van der Waals surface area contributed by atoms with Gasteiger partial charge in [-0.2, -0.15) is 0 Å². The Morgan fingerprint density at radius 2 is 2.26 bits per heavy atom. The summed E-state index contributed by atoms with van der Waals surface area (Å²) in [7, 11) is 0. The van der Waals surface area contributed by atoms with Crippen molar-refractivity contribution >= 4 is 23.4 Å². The third-order valence-electron chi connectivity index (χ3n) is 2.50. The Bertz CT molecular complexity index is 597. The molecule has 0 bridgehead atoms. The molecule has 6 nitrogen and oxygen atoms in total. The van der Waals surface area contributed by atoms with E-state index in [-0.39, 0.29) is 5.69 Å². The lowest BCUT2D eigenvalue weighted by molar-refractivity contribution is 0.0944. The highest BCUT2D eigenvalue weighted by Gasteiger charge is 2.11. The normalized spacial score (nSPS) is 10.4. The maximum atomic E-state index is 11.2. The molecule has 7 heteroatoms. The first kappa shape index (κ1) is 13.4. The molecule has 0 spiro atoms. The van der Waals surface area contributed by atoms with E-state index < -0.39 is 5.91 Å². The quantitative estimate of drug-likeness (QED) is 0.257. The van der Waals surface area contributed by atoms with Crippen molar-refractivity contribution in [2.75, 3.05) is 5.73 Å². The monoisotopic (exact) mass is 278 g/mol. The summed E-state index contributed by atoms with van der Waals surface area (Å²) in [5, 5.41) is 3.63. The van der Waals surface area contributed by atoms with E-state index in [9.17, 15) is 4.79 Å². The summed E-state index contributed by atoms with van der Waals surface area (Å²) in [5.74, 6) is 5.71. The molecule has 0 aliphatic heterocycles. The fourth-order valence-electron chi connectivity index (χ4n) is 1.48. The Morgan fingerprint density at radius 3 is 3.00 bits per heavy atom. The number of aryl methyl sites for hydroxylation is 1. The maximum Gasteiger partial charge on any atom is 0.287 e. The van der Waals surface area contributed by atoms with Gasteiger partial charge in [0.2, 0.25) is 0 Å². The van der Waals surface area contributed by atoms with Crippen LogP contribution in [0.25, 0.3) is 0 Å². The SMILES string of the molecule is Cc1ccc(N)cc1SCc1cc(C(=O)NN)no1. The lowest BCUT2D eigenvalue weighted by Crippen LogP contribution is -2.30. The molecule has 0 atom stereocenters. The molecule has 0 fully saturated rings. The first-order valence-electron chi connectivity index (χ1n) is 5.55. The molecule has 0 unspecified atom stereocenters. The van der Waals surface area contributed by atoms with Crippen LogP contribution in [-0.4, -0.2) is 11.1 Å². The molecule has 0 aliphatic carbocycles. The number of carbonyl (C=O) groups excluding carboxylic acids is 1. The summed E-state index contributed by atoms with van der Waals surface area (Å²) >= 11 is 1.57. The molecule has 2 aromatic rings. The van der Waals surface area contributed by atoms with Crippen molar-refractivity contribution in [2.45, 2.75) is 17.6 Å². The van der Waals surface area contributed by atoms with Crippen LogP contribution in [0.3, 0.4) is 0 Å². The molecule has 0 saturated heterocycles. The van der Waals surface area contributed by atoms with Crippen molar-refractivity contribution in [1.29, 1.82) is 0 Å². The maximum absolute atomic E-state index is 11.2. The van der Waals surface area contributed by atoms with Crippen LogP contribution in [0.15, 0.2) is 33.7 Å². The standard InChI is InChI=1S/C12H14N4O2S/c1-7-2-3-8(13)4-11(7)19-6-9-5-10(16-18-9)12(17)15-14/h2-5H,6,13-14H2,1H3,(H,15,17). The number of hydrogen-bond donors (Lipinski definition) is 3. The highest BCUT2D eigenvalue weighted by Crippen LogP contribution is 2.27. The zero-order valence-electron chi connectivity index (χ0n) is 10.3. The minimum Gasteiger partial charge on any atom is -0.399 e. The number of aromatic nitrogens is 1. The number of rotatable bonds is 4. The van der Waals surface area contributed by atoms with Crippen molar-refractivity contribution in [2.24, 2.45) is 5.84 Å². The first-order valence-corrected chi connectivity index (χ1v) is 6.54. The van der Waals surface area contributed by atoms with E-state index in [1.165, 1.54) is 0 Å². The van der Waals surface area contributed by atoms with Crippen LogP contribution >= 0.6 is 11.8 Å². The van der Waals surface area contributed by atoms with Gasteiger partial charge in [0, 0.05) is 16.6 Å². The van der Waals surface area contributed by atoms with Crippen molar-refractivity contribution < 1.29 is 9.32 Å². The Hall–Kier alpha value is -1.99. The number of hydrazine groups is 1. The van der Waals surface area contributed by atoms with Crippen LogP contribution in [0.1, 0.15) is 21.8 Å². The van der Waals surface area contributed by atoms with Gasteiger partial charge in [0.1, 0.15) is 5.76 Å². The zero-order valence-corrected chi connectivity index (χ0v) is 11.2. The van der Waals surface area contributed by atoms with Gasteiger partial charge >= 0.3 is 0 Å². The van der Waals surface area contributed by atoms with E-state index >= 15 is 0 Å². The van der Waals surface area contributed by atoms with Crippen LogP contribution in [0.2, 0.25) is 0 Å².